The highest BCUT2D eigenvalue weighted by Gasteiger charge is 2.31. The number of aliphatic imine (C=N–C) groups is 1. The molecule has 130 valence electrons. The molecule has 1 aliphatic rings. The summed E-state index contributed by atoms with van der Waals surface area (Å²) < 4.78 is 0. The second kappa shape index (κ2) is 5.26. The first-order chi connectivity index (χ1) is 12.4. The molecule has 4 rings (SSSR count). The summed E-state index contributed by atoms with van der Waals surface area (Å²) in [5.74, 6) is -0.0781. The zero-order valence-corrected chi connectivity index (χ0v) is 13.4. The van der Waals surface area contributed by atoms with E-state index in [0.29, 0.717) is 33.4 Å². The van der Waals surface area contributed by atoms with Gasteiger partial charge < -0.3 is 34.4 Å². The molecule has 12 nitrogen and oxygen atoms in total. The van der Waals surface area contributed by atoms with Gasteiger partial charge in [0.05, 0.1) is 0 Å². The number of fused-ring (bicyclic) bond motifs is 6. The fourth-order valence-corrected chi connectivity index (χ4v) is 2.61. The van der Waals surface area contributed by atoms with E-state index >= 15 is 0 Å². The number of aromatic nitrogens is 4. The van der Waals surface area contributed by atoms with Crippen LogP contribution >= 0.6 is 0 Å². The Morgan fingerprint density at radius 2 is 1.27 bits per heavy atom. The molecule has 0 saturated heterocycles. The number of nitrogen functional groups attached to an aromatic ring is 4. The van der Waals surface area contributed by atoms with Crippen LogP contribution < -0.4 is 34.4 Å². The third kappa shape index (κ3) is 2.08. The molecule has 0 amide bonds. The van der Waals surface area contributed by atoms with Gasteiger partial charge in [-0.2, -0.15) is 0 Å². The molecule has 1 aromatic carbocycles. The van der Waals surface area contributed by atoms with Crippen molar-refractivity contribution >= 4 is 62.5 Å². The van der Waals surface area contributed by atoms with Gasteiger partial charge in [-0.3, -0.25) is 0 Å². The van der Waals surface area contributed by atoms with Gasteiger partial charge in [-0.25, -0.2) is 24.9 Å². The smallest absolute Gasteiger partial charge is 0.386 e. The maximum atomic E-state index is 6.02. The molecule has 12 N–H and O–H groups in total. The molecule has 3 aromatic rings. The Labute approximate surface area is 146 Å². The third-order valence-corrected chi connectivity index (χ3v) is 3.97. The van der Waals surface area contributed by atoms with E-state index in [2.05, 4.69) is 35.8 Å². The summed E-state index contributed by atoms with van der Waals surface area (Å²) in [6.07, 6.45) is 0. The van der Waals surface area contributed by atoms with Gasteiger partial charge in [0.2, 0.25) is 0 Å². The lowest BCUT2D eigenvalue weighted by atomic mass is 10.1. The van der Waals surface area contributed by atoms with Crippen molar-refractivity contribution in [3.8, 4) is 6.07 Å². The molecule has 3 heterocycles. The van der Waals surface area contributed by atoms with Gasteiger partial charge in [0, 0.05) is 6.54 Å². The van der Waals surface area contributed by atoms with Crippen molar-refractivity contribution < 1.29 is 0 Å². The second-order valence-corrected chi connectivity index (χ2v) is 5.65. The van der Waals surface area contributed by atoms with Gasteiger partial charge in [-0.1, -0.05) is 0 Å². The van der Waals surface area contributed by atoms with Crippen LogP contribution in [0.2, 0.25) is 0 Å². The molecule has 0 aliphatic carbocycles. The normalized spacial score (nSPS) is 15.9. The fourth-order valence-electron chi connectivity index (χ4n) is 2.61. The summed E-state index contributed by atoms with van der Waals surface area (Å²) in [7, 11) is 0. The monoisotopic (exact) mass is 351 g/mol. The van der Waals surface area contributed by atoms with E-state index in [4.69, 9.17) is 34.4 Å². The quantitative estimate of drug-likeness (QED) is 0.306. The SMILES string of the molecule is NCC1C#[N+]c2c(c3nc(N)c(N)nc3c3nc(N)c(N)nc23)N=C1N. The maximum Gasteiger partial charge on any atom is 0.395 e. The van der Waals surface area contributed by atoms with E-state index < -0.39 is 5.92 Å². The molecule has 26 heavy (non-hydrogen) atoms. The first-order valence-corrected chi connectivity index (χ1v) is 7.52. The minimum absolute atomic E-state index is 0.0384. The lowest BCUT2D eigenvalue weighted by molar-refractivity contribution is 0.881. The average molecular weight is 351 g/mol. The van der Waals surface area contributed by atoms with Crippen molar-refractivity contribution in [3.63, 3.8) is 0 Å². The molecule has 0 saturated carbocycles. The number of nitrogens with zero attached hydrogens (tertiary/aromatic N) is 6. The number of hydrogen-bond acceptors (Lipinski definition) is 11. The van der Waals surface area contributed by atoms with Gasteiger partial charge in [-0.15, -0.1) is 0 Å². The molecule has 0 spiro atoms. The van der Waals surface area contributed by atoms with Gasteiger partial charge >= 0.3 is 5.69 Å². The molecular formula is C14H15N12+. The first-order valence-electron chi connectivity index (χ1n) is 7.52. The predicted octanol–water partition coefficient (Wildman–Crippen LogP) is -0.557. The number of nitrogens with two attached hydrogens (primary N) is 6. The molecule has 2 aromatic heterocycles. The number of hydrogen-bond donors (Lipinski definition) is 6. The summed E-state index contributed by atoms with van der Waals surface area (Å²) in [6.45, 7) is 0.185. The molecule has 0 radical (unpaired) electrons. The van der Waals surface area contributed by atoms with Crippen LogP contribution in [0.5, 0.6) is 0 Å². The van der Waals surface area contributed by atoms with Crippen LogP contribution in [0.3, 0.4) is 0 Å². The summed E-state index contributed by atoms with van der Waals surface area (Å²) in [6, 6.07) is 2.85. The van der Waals surface area contributed by atoms with E-state index in [9.17, 15) is 0 Å². The number of rotatable bonds is 1. The Morgan fingerprint density at radius 1 is 0.769 bits per heavy atom. The van der Waals surface area contributed by atoms with Crippen LogP contribution in [0.15, 0.2) is 4.99 Å². The van der Waals surface area contributed by atoms with Gasteiger partial charge in [-0.05, 0) is 4.85 Å². The van der Waals surface area contributed by atoms with Crippen molar-refractivity contribution in [2.24, 2.45) is 22.4 Å². The molecule has 1 atom stereocenters. The Kier molecular flexibility index (Phi) is 3.14. The lowest BCUT2D eigenvalue weighted by Crippen LogP contribution is -2.28. The van der Waals surface area contributed by atoms with Crippen LogP contribution in [0.4, 0.5) is 34.6 Å². The standard InChI is InChI=1S/C14H15N12/c15-1-3-2-21-4-5(22-10(3)16)7-9(26-14(20)13(19)24-7)8-6(4)23-11(17)12(18)25-8/h3H,1,15H2,(H2,16,22)(H2,17,23)(H2,18,25)(H2,19,24)(H2,20,26)/q+1. The molecule has 0 fully saturated rings. The zero-order valence-electron chi connectivity index (χ0n) is 13.4. The molecule has 1 unspecified atom stereocenters. The fraction of sp³-hybridized carbons (Fsp3) is 0.143. The predicted molar refractivity (Wildman–Crippen MR) is 101 cm³/mol. The zero-order chi connectivity index (χ0) is 18.6. The van der Waals surface area contributed by atoms with E-state index in [0.717, 1.165) is 0 Å². The lowest BCUT2D eigenvalue weighted by Gasteiger charge is -2.08. The number of anilines is 4. The largest absolute Gasteiger partial charge is 0.395 e. The van der Waals surface area contributed by atoms with Gasteiger partial charge in [0.25, 0.3) is 6.07 Å². The minimum Gasteiger partial charge on any atom is -0.386 e. The van der Waals surface area contributed by atoms with E-state index in [1.165, 1.54) is 0 Å². The van der Waals surface area contributed by atoms with Crippen LogP contribution in [0, 0.1) is 12.0 Å². The van der Waals surface area contributed by atoms with E-state index in [-0.39, 0.29) is 35.7 Å². The highest BCUT2D eigenvalue weighted by atomic mass is 15.0. The molecular weight excluding hydrogens is 336 g/mol. The summed E-state index contributed by atoms with van der Waals surface area (Å²) in [5.41, 5.74) is 36.9. The van der Waals surface area contributed by atoms with Crippen molar-refractivity contribution in [3.05, 3.63) is 4.85 Å². The summed E-state index contributed by atoms with van der Waals surface area (Å²) >= 11 is 0. The van der Waals surface area contributed by atoms with Crippen molar-refractivity contribution in [2.45, 2.75) is 0 Å². The van der Waals surface area contributed by atoms with E-state index in [1.54, 1.807) is 0 Å². The number of benzene rings is 1. The highest BCUT2D eigenvalue weighted by Crippen LogP contribution is 2.43. The third-order valence-electron chi connectivity index (χ3n) is 3.97. The Balaban J connectivity index is 2.28. The highest BCUT2D eigenvalue weighted by molar-refractivity contribution is 6.16. The number of amidine groups is 1. The second-order valence-electron chi connectivity index (χ2n) is 5.65. The van der Waals surface area contributed by atoms with Crippen LogP contribution in [-0.4, -0.2) is 32.3 Å². The Hall–Kier alpha value is -3.98. The Bertz CT molecular complexity index is 1190. The van der Waals surface area contributed by atoms with Gasteiger partial charge in [0.1, 0.15) is 22.4 Å². The van der Waals surface area contributed by atoms with Crippen molar-refractivity contribution in [2.75, 3.05) is 29.5 Å². The Morgan fingerprint density at radius 3 is 1.85 bits per heavy atom. The van der Waals surface area contributed by atoms with Crippen molar-refractivity contribution in [1.29, 1.82) is 0 Å². The van der Waals surface area contributed by atoms with Crippen LogP contribution in [0.25, 0.3) is 26.9 Å². The molecule has 0 bridgehead atoms. The van der Waals surface area contributed by atoms with Crippen LogP contribution in [-0.2, 0) is 0 Å². The van der Waals surface area contributed by atoms with Crippen molar-refractivity contribution in [1.82, 2.24) is 19.9 Å². The summed E-state index contributed by atoms with van der Waals surface area (Å²) in [4.78, 5) is 25.9. The van der Waals surface area contributed by atoms with Gasteiger partial charge in [0.15, 0.2) is 40.4 Å². The first kappa shape index (κ1) is 15.5. The molecule has 12 heteroatoms. The topological polar surface area (TPSA) is 224 Å². The van der Waals surface area contributed by atoms with E-state index in [1.807, 2.05) is 0 Å². The van der Waals surface area contributed by atoms with Crippen LogP contribution in [0.1, 0.15) is 0 Å². The minimum atomic E-state index is -0.467. The summed E-state index contributed by atoms with van der Waals surface area (Å²) in [5, 5.41) is 0. The molecule has 1 aliphatic heterocycles. The average Bonchev–Trinajstić information content (AvgIpc) is 2.77. The maximum absolute atomic E-state index is 6.02.